The van der Waals surface area contributed by atoms with Crippen LogP contribution >= 0.6 is 0 Å². The summed E-state index contributed by atoms with van der Waals surface area (Å²) < 4.78 is 17.4. The predicted octanol–water partition coefficient (Wildman–Crippen LogP) is 3.44. The van der Waals surface area contributed by atoms with Crippen molar-refractivity contribution in [2.75, 3.05) is 12.4 Å². The number of aromatic nitrogens is 4. The highest BCUT2D eigenvalue weighted by Gasteiger charge is 2.21. The molecule has 0 aliphatic heterocycles. The second-order valence-electron chi connectivity index (χ2n) is 9.06. The van der Waals surface area contributed by atoms with Gasteiger partial charge in [-0.3, -0.25) is 14.4 Å². The van der Waals surface area contributed by atoms with Gasteiger partial charge in [0.15, 0.2) is 12.1 Å². The Morgan fingerprint density at radius 2 is 1.85 bits per heavy atom. The Morgan fingerprint density at radius 3 is 2.50 bits per heavy atom. The molecule has 174 valence electrons. The third kappa shape index (κ3) is 3.79. The SMILES string of the molecule is CNc1cc(-c2ccnc(-n3ncc4cc(C(C)(C)C)cc(F)c4c3=O)c2C=O)cn(C)c1=O. The molecule has 0 saturated carbocycles. The Balaban J connectivity index is 1.97. The third-order valence-corrected chi connectivity index (χ3v) is 5.76. The molecule has 3 heterocycles. The summed E-state index contributed by atoms with van der Waals surface area (Å²) in [6.07, 6.45) is 4.97. The number of hydrogen-bond donors (Lipinski definition) is 1. The van der Waals surface area contributed by atoms with Gasteiger partial charge in [-0.2, -0.15) is 9.78 Å². The second-order valence-corrected chi connectivity index (χ2v) is 9.06. The van der Waals surface area contributed by atoms with Crippen LogP contribution in [0.5, 0.6) is 0 Å². The number of halogens is 1. The van der Waals surface area contributed by atoms with E-state index in [-0.39, 0.29) is 27.7 Å². The number of carbonyl (C=O) groups excluding carboxylic acids is 1. The van der Waals surface area contributed by atoms with E-state index in [1.807, 2.05) is 20.8 Å². The first-order valence-electron chi connectivity index (χ1n) is 10.6. The molecule has 4 aromatic rings. The fourth-order valence-corrected chi connectivity index (χ4v) is 3.85. The molecule has 0 unspecified atom stereocenters. The highest BCUT2D eigenvalue weighted by Crippen LogP contribution is 2.28. The van der Waals surface area contributed by atoms with Gasteiger partial charge < -0.3 is 9.88 Å². The first-order chi connectivity index (χ1) is 16.1. The molecule has 9 heteroatoms. The number of pyridine rings is 2. The number of carbonyl (C=O) groups is 1. The Labute approximate surface area is 194 Å². The van der Waals surface area contributed by atoms with Gasteiger partial charge in [-0.05, 0) is 40.8 Å². The lowest BCUT2D eigenvalue weighted by Gasteiger charge is -2.20. The van der Waals surface area contributed by atoms with Crippen molar-refractivity contribution in [2.24, 2.45) is 7.05 Å². The summed E-state index contributed by atoms with van der Waals surface area (Å²) in [5.74, 6) is -0.692. The van der Waals surface area contributed by atoms with Crippen molar-refractivity contribution in [3.05, 3.63) is 80.5 Å². The summed E-state index contributed by atoms with van der Waals surface area (Å²) in [7, 11) is 3.22. The molecule has 0 fully saturated rings. The van der Waals surface area contributed by atoms with Gasteiger partial charge in [-0.1, -0.05) is 20.8 Å². The number of rotatable bonds is 4. The van der Waals surface area contributed by atoms with E-state index in [4.69, 9.17) is 0 Å². The smallest absolute Gasteiger partial charge is 0.283 e. The molecule has 1 N–H and O–H groups in total. The fraction of sp³-hybridized carbons (Fsp3) is 0.240. The monoisotopic (exact) mass is 461 g/mol. The van der Waals surface area contributed by atoms with Crippen LogP contribution in [0.4, 0.5) is 10.1 Å². The maximum Gasteiger partial charge on any atom is 0.283 e. The number of nitrogens with one attached hydrogen (secondary N) is 1. The van der Waals surface area contributed by atoms with E-state index in [9.17, 15) is 14.4 Å². The largest absolute Gasteiger partial charge is 0.384 e. The van der Waals surface area contributed by atoms with Crippen LogP contribution in [0.25, 0.3) is 27.7 Å². The minimum absolute atomic E-state index is 0.0291. The molecule has 0 bridgehead atoms. The van der Waals surface area contributed by atoms with Crippen molar-refractivity contribution in [3.8, 4) is 16.9 Å². The summed E-state index contributed by atoms with van der Waals surface area (Å²) >= 11 is 0. The maximum absolute atomic E-state index is 15.1. The van der Waals surface area contributed by atoms with Gasteiger partial charge >= 0.3 is 0 Å². The van der Waals surface area contributed by atoms with Crippen LogP contribution in [-0.4, -0.2) is 32.7 Å². The third-order valence-electron chi connectivity index (χ3n) is 5.76. The van der Waals surface area contributed by atoms with Crippen molar-refractivity contribution < 1.29 is 9.18 Å². The van der Waals surface area contributed by atoms with E-state index >= 15 is 4.39 Å². The molecule has 3 aromatic heterocycles. The quantitative estimate of drug-likeness (QED) is 0.468. The summed E-state index contributed by atoms with van der Waals surface area (Å²) in [4.78, 5) is 41.9. The topological polar surface area (TPSA) is 98.9 Å². The van der Waals surface area contributed by atoms with E-state index in [0.717, 1.165) is 10.2 Å². The molecule has 8 nitrogen and oxygen atoms in total. The average Bonchev–Trinajstić information content (AvgIpc) is 2.79. The van der Waals surface area contributed by atoms with E-state index in [1.165, 1.54) is 23.0 Å². The first kappa shape index (κ1) is 23.0. The molecule has 0 amide bonds. The molecular weight excluding hydrogens is 437 g/mol. The lowest BCUT2D eigenvalue weighted by atomic mass is 9.86. The Hall–Kier alpha value is -4.14. The van der Waals surface area contributed by atoms with Crippen molar-refractivity contribution in [2.45, 2.75) is 26.2 Å². The Morgan fingerprint density at radius 1 is 1.12 bits per heavy atom. The number of hydrogen-bond acceptors (Lipinski definition) is 6. The molecule has 1 aromatic carbocycles. The van der Waals surface area contributed by atoms with Gasteiger partial charge in [0.2, 0.25) is 0 Å². The van der Waals surface area contributed by atoms with Crippen LogP contribution < -0.4 is 16.4 Å². The van der Waals surface area contributed by atoms with Crippen LogP contribution in [-0.2, 0) is 12.5 Å². The van der Waals surface area contributed by atoms with Crippen LogP contribution in [0.2, 0.25) is 0 Å². The Bertz CT molecular complexity index is 1560. The standard InChI is InChI=1S/C25H24FN5O3/c1-25(2,3)16-8-14-11-29-31(24(34)21(14)19(26)10-16)22-18(13-32)17(6-7-28-22)15-9-20(27-4)23(33)30(5)12-15/h6-13,27H,1-5H3. The van der Waals surface area contributed by atoms with Crippen molar-refractivity contribution >= 4 is 22.7 Å². The van der Waals surface area contributed by atoms with E-state index in [1.54, 1.807) is 38.5 Å². The zero-order valence-corrected chi connectivity index (χ0v) is 19.5. The van der Waals surface area contributed by atoms with Crippen molar-refractivity contribution in [1.29, 1.82) is 0 Å². The maximum atomic E-state index is 15.1. The van der Waals surface area contributed by atoms with Gasteiger partial charge in [0.25, 0.3) is 11.1 Å². The van der Waals surface area contributed by atoms with Gasteiger partial charge in [-0.25, -0.2) is 9.37 Å². The van der Waals surface area contributed by atoms with E-state index in [2.05, 4.69) is 15.4 Å². The summed E-state index contributed by atoms with van der Waals surface area (Å²) in [6.45, 7) is 5.85. The second kappa shape index (κ2) is 8.33. The lowest BCUT2D eigenvalue weighted by Crippen LogP contribution is -2.25. The highest BCUT2D eigenvalue weighted by molar-refractivity contribution is 5.91. The van der Waals surface area contributed by atoms with Gasteiger partial charge in [0.1, 0.15) is 11.5 Å². The number of fused-ring (bicyclic) bond motifs is 1. The van der Waals surface area contributed by atoms with Crippen LogP contribution in [0.15, 0.2) is 52.4 Å². The summed E-state index contributed by atoms with van der Waals surface area (Å²) in [5, 5.41) is 7.27. The van der Waals surface area contributed by atoms with Gasteiger partial charge in [0, 0.05) is 37.4 Å². The minimum atomic E-state index is -0.723. The van der Waals surface area contributed by atoms with Crippen LogP contribution in [0.3, 0.4) is 0 Å². The zero-order valence-electron chi connectivity index (χ0n) is 19.5. The van der Waals surface area contributed by atoms with Gasteiger partial charge in [-0.15, -0.1) is 0 Å². The zero-order chi connectivity index (χ0) is 24.8. The molecule has 4 rings (SSSR count). The highest BCUT2D eigenvalue weighted by atomic mass is 19.1. The summed E-state index contributed by atoms with van der Waals surface area (Å²) in [5.41, 5.74) is 0.908. The number of aryl methyl sites for hydroxylation is 1. The molecule has 0 aliphatic carbocycles. The molecule has 34 heavy (non-hydrogen) atoms. The predicted molar refractivity (Wildman–Crippen MR) is 129 cm³/mol. The molecule has 0 radical (unpaired) electrons. The number of benzene rings is 1. The van der Waals surface area contributed by atoms with Crippen LogP contribution in [0.1, 0.15) is 36.7 Å². The molecule has 0 atom stereocenters. The molecule has 0 spiro atoms. The van der Waals surface area contributed by atoms with Crippen LogP contribution in [0, 0.1) is 5.82 Å². The normalized spacial score (nSPS) is 11.6. The lowest BCUT2D eigenvalue weighted by molar-refractivity contribution is 0.112. The number of anilines is 1. The fourth-order valence-electron chi connectivity index (χ4n) is 3.85. The van der Waals surface area contributed by atoms with Gasteiger partial charge in [0.05, 0.1) is 17.1 Å². The number of aldehydes is 1. The average molecular weight is 461 g/mol. The van der Waals surface area contributed by atoms with E-state index < -0.39 is 11.4 Å². The molecular formula is C25H24FN5O3. The summed E-state index contributed by atoms with van der Waals surface area (Å²) in [6, 6.07) is 6.31. The van der Waals surface area contributed by atoms with E-state index in [0.29, 0.717) is 28.5 Å². The Kier molecular flexibility index (Phi) is 5.64. The molecule has 0 saturated heterocycles. The molecule has 0 aliphatic rings. The number of nitrogens with zero attached hydrogens (tertiary/aromatic N) is 4. The minimum Gasteiger partial charge on any atom is -0.384 e. The first-order valence-corrected chi connectivity index (χ1v) is 10.6. The van der Waals surface area contributed by atoms with Crippen molar-refractivity contribution in [3.63, 3.8) is 0 Å². The van der Waals surface area contributed by atoms with Crippen molar-refractivity contribution in [1.82, 2.24) is 19.3 Å².